The summed E-state index contributed by atoms with van der Waals surface area (Å²) >= 11 is 0. The summed E-state index contributed by atoms with van der Waals surface area (Å²) in [7, 11) is 0. The Hall–Kier alpha value is -1.10. The first-order valence-electron chi connectivity index (χ1n) is 8.30. The van der Waals surface area contributed by atoms with E-state index in [1.165, 1.54) is 5.56 Å². The van der Waals surface area contributed by atoms with Gasteiger partial charge in [-0.05, 0) is 56.9 Å². The molecule has 1 aliphatic heterocycles. The molecule has 122 valence electrons. The van der Waals surface area contributed by atoms with E-state index in [1.807, 2.05) is 19.1 Å². The number of rotatable bonds is 4. The number of hydrogen-bond donors (Lipinski definition) is 1. The van der Waals surface area contributed by atoms with Gasteiger partial charge < -0.3 is 14.6 Å². The molecule has 2 atom stereocenters. The average molecular weight is 305 g/mol. The van der Waals surface area contributed by atoms with Gasteiger partial charge in [-0.15, -0.1) is 0 Å². The van der Waals surface area contributed by atoms with Crippen LogP contribution in [0.2, 0.25) is 0 Å². The third-order valence-corrected chi connectivity index (χ3v) is 4.87. The van der Waals surface area contributed by atoms with Crippen LogP contribution in [-0.2, 0) is 16.8 Å². The standard InChI is InChI=1S/C18H27NO3/c1-13(2)19-8-9-21-16(11-19)12-22-15-4-5-17-14(10-15)6-7-18(17,3)20/h4-5,10,13,16,20H,6-9,11-12H2,1-3H3. The van der Waals surface area contributed by atoms with E-state index in [0.29, 0.717) is 12.6 Å². The first-order valence-corrected chi connectivity index (χ1v) is 8.30. The second-order valence-electron chi connectivity index (χ2n) is 6.99. The largest absolute Gasteiger partial charge is 0.491 e. The van der Waals surface area contributed by atoms with Crippen molar-refractivity contribution >= 4 is 0 Å². The van der Waals surface area contributed by atoms with Crippen LogP contribution in [0.1, 0.15) is 38.3 Å². The molecule has 1 aromatic rings. The van der Waals surface area contributed by atoms with E-state index in [1.54, 1.807) is 0 Å². The van der Waals surface area contributed by atoms with Gasteiger partial charge in [-0.25, -0.2) is 0 Å². The van der Waals surface area contributed by atoms with Crippen molar-refractivity contribution in [3.63, 3.8) is 0 Å². The first-order chi connectivity index (χ1) is 10.5. The minimum Gasteiger partial charge on any atom is -0.491 e. The van der Waals surface area contributed by atoms with Gasteiger partial charge in [0.2, 0.25) is 0 Å². The Morgan fingerprint density at radius 1 is 1.45 bits per heavy atom. The van der Waals surface area contributed by atoms with E-state index in [2.05, 4.69) is 24.8 Å². The molecule has 1 fully saturated rings. The Labute approximate surface area is 133 Å². The molecule has 0 bridgehead atoms. The second-order valence-corrected chi connectivity index (χ2v) is 6.99. The highest BCUT2D eigenvalue weighted by atomic mass is 16.5. The minimum atomic E-state index is -0.682. The molecule has 0 radical (unpaired) electrons. The van der Waals surface area contributed by atoms with Crippen LogP contribution in [0, 0.1) is 0 Å². The normalized spacial score (nSPS) is 28.9. The number of aryl methyl sites for hydroxylation is 1. The molecule has 1 N–H and O–H groups in total. The monoisotopic (exact) mass is 305 g/mol. The molecule has 1 saturated heterocycles. The van der Waals surface area contributed by atoms with E-state index < -0.39 is 5.60 Å². The van der Waals surface area contributed by atoms with Gasteiger partial charge in [-0.2, -0.15) is 0 Å². The average Bonchev–Trinajstić information content (AvgIpc) is 2.80. The third kappa shape index (κ3) is 3.29. The van der Waals surface area contributed by atoms with Crippen LogP contribution < -0.4 is 4.74 Å². The molecular weight excluding hydrogens is 278 g/mol. The number of nitrogens with zero attached hydrogens (tertiary/aromatic N) is 1. The smallest absolute Gasteiger partial charge is 0.119 e. The maximum atomic E-state index is 10.3. The molecule has 2 unspecified atom stereocenters. The number of benzene rings is 1. The molecule has 3 rings (SSSR count). The van der Waals surface area contributed by atoms with Crippen molar-refractivity contribution in [2.45, 2.75) is 51.4 Å². The lowest BCUT2D eigenvalue weighted by molar-refractivity contribution is -0.0564. The topological polar surface area (TPSA) is 41.9 Å². The molecule has 0 amide bonds. The quantitative estimate of drug-likeness (QED) is 0.927. The van der Waals surface area contributed by atoms with Gasteiger partial charge in [0.05, 0.1) is 12.2 Å². The predicted molar refractivity (Wildman–Crippen MR) is 86.3 cm³/mol. The molecule has 0 aromatic heterocycles. The van der Waals surface area contributed by atoms with Gasteiger partial charge in [-0.1, -0.05) is 6.07 Å². The fraction of sp³-hybridized carbons (Fsp3) is 0.667. The highest BCUT2D eigenvalue weighted by Gasteiger charge is 2.32. The summed E-state index contributed by atoms with van der Waals surface area (Å²) in [5.41, 5.74) is 1.56. The highest BCUT2D eigenvalue weighted by molar-refractivity contribution is 5.42. The number of aliphatic hydroxyl groups is 1. The van der Waals surface area contributed by atoms with Crippen LogP contribution >= 0.6 is 0 Å². The molecule has 1 aliphatic carbocycles. The van der Waals surface area contributed by atoms with Crippen LogP contribution in [0.3, 0.4) is 0 Å². The van der Waals surface area contributed by atoms with Gasteiger partial charge in [0, 0.05) is 19.1 Å². The minimum absolute atomic E-state index is 0.132. The van der Waals surface area contributed by atoms with Crippen molar-refractivity contribution in [1.29, 1.82) is 0 Å². The summed E-state index contributed by atoms with van der Waals surface area (Å²) in [6, 6.07) is 6.58. The SMILES string of the molecule is CC(C)N1CCOC(COc2ccc3c(c2)CCC3(C)O)C1. The van der Waals surface area contributed by atoms with Crippen molar-refractivity contribution < 1.29 is 14.6 Å². The van der Waals surface area contributed by atoms with Crippen LogP contribution in [0.4, 0.5) is 0 Å². The van der Waals surface area contributed by atoms with Crippen LogP contribution in [-0.4, -0.2) is 48.5 Å². The molecule has 2 aliphatic rings. The van der Waals surface area contributed by atoms with Crippen molar-refractivity contribution in [3.05, 3.63) is 29.3 Å². The molecule has 22 heavy (non-hydrogen) atoms. The number of ether oxygens (including phenoxy) is 2. The van der Waals surface area contributed by atoms with Gasteiger partial charge in [0.25, 0.3) is 0 Å². The van der Waals surface area contributed by atoms with Gasteiger partial charge in [-0.3, -0.25) is 4.90 Å². The van der Waals surface area contributed by atoms with Crippen molar-refractivity contribution in [2.75, 3.05) is 26.3 Å². The zero-order valence-electron chi connectivity index (χ0n) is 13.8. The Bertz CT molecular complexity index is 527. The summed E-state index contributed by atoms with van der Waals surface area (Å²) in [5, 5.41) is 10.3. The lowest BCUT2D eigenvalue weighted by Crippen LogP contribution is -2.47. The molecule has 0 spiro atoms. The van der Waals surface area contributed by atoms with Crippen molar-refractivity contribution in [2.24, 2.45) is 0 Å². The number of morpholine rings is 1. The lowest BCUT2D eigenvalue weighted by Gasteiger charge is -2.35. The lowest BCUT2D eigenvalue weighted by atomic mass is 9.99. The molecule has 1 aromatic carbocycles. The molecular formula is C18H27NO3. The fourth-order valence-electron chi connectivity index (χ4n) is 3.41. The van der Waals surface area contributed by atoms with Gasteiger partial charge in [0.15, 0.2) is 0 Å². The summed E-state index contributed by atoms with van der Waals surface area (Å²) < 4.78 is 11.7. The maximum absolute atomic E-state index is 10.3. The Morgan fingerprint density at radius 3 is 3.05 bits per heavy atom. The van der Waals surface area contributed by atoms with Crippen LogP contribution in [0.5, 0.6) is 5.75 Å². The van der Waals surface area contributed by atoms with Crippen molar-refractivity contribution in [3.8, 4) is 5.75 Å². The van der Waals surface area contributed by atoms with Crippen LogP contribution in [0.15, 0.2) is 18.2 Å². The van der Waals surface area contributed by atoms with E-state index in [-0.39, 0.29) is 6.10 Å². The summed E-state index contributed by atoms with van der Waals surface area (Å²) in [4.78, 5) is 2.43. The molecule has 4 nitrogen and oxygen atoms in total. The zero-order valence-corrected chi connectivity index (χ0v) is 13.8. The Balaban J connectivity index is 1.58. The number of fused-ring (bicyclic) bond motifs is 1. The Kier molecular flexibility index (Phi) is 4.44. The maximum Gasteiger partial charge on any atom is 0.119 e. The summed E-state index contributed by atoms with van der Waals surface area (Å²) in [6.45, 7) is 9.61. The van der Waals surface area contributed by atoms with E-state index >= 15 is 0 Å². The summed E-state index contributed by atoms with van der Waals surface area (Å²) in [5.74, 6) is 0.877. The van der Waals surface area contributed by atoms with E-state index in [0.717, 1.165) is 43.9 Å². The fourth-order valence-corrected chi connectivity index (χ4v) is 3.41. The van der Waals surface area contributed by atoms with Gasteiger partial charge in [0.1, 0.15) is 18.5 Å². The zero-order chi connectivity index (χ0) is 15.7. The van der Waals surface area contributed by atoms with E-state index in [9.17, 15) is 5.11 Å². The second kappa shape index (κ2) is 6.19. The Morgan fingerprint density at radius 2 is 2.27 bits per heavy atom. The first kappa shape index (κ1) is 15.8. The number of hydrogen-bond acceptors (Lipinski definition) is 4. The van der Waals surface area contributed by atoms with Gasteiger partial charge >= 0.3 is 0 Å². The summed E-state index contributed by atoms with van der Waals surface area (Å²) in [6.07, 6.45) is 1.84. The predicted octanol–water partition coefficient (Wildman–Crippen LogP) is 2.33. The highest BCUT2D eigenvalue weighted by Crippen LogP contribution is 2.38. The molecule has 4 heteroatoms. The molecule has 1 heterocycles. The molecule has 0 saturated carbocycles. The van der Waals surface area contributed by atoms with Crippen LogP contribution in [0.25, 0.3) is 0 Å². The van der Waals surface area contributed by atoms with E-state index in [4.69, 9.17) is 9.47 Å². The third-order valence-electron chi connectivity index (χ3n) is 4.87. The van der Waals surface area contributed by atoms with Crippen molar-refractivity contribution in [1.82, 2.24) is 4.90 Å².